The zero-order chi connectivity index (χ0) is 12.0. The fraction of sp³-hybridized carbons (Fsp3) is 0.636. The Kier molecular flexibility index (Phi) is 6.25. The van der Waals surface area contributed by atoms with Crippen LogP contribution in [0.25, 0.3) is 0 Å². The van der Waals surface area contributed by atoms with Gasteiger partial charge in [0.2, 0.25) is 0 Å². The van der Waals surface area contributed by atoms with Crippen LogP contribution in [0.2, 0.25) is 5.15 Å². The van der Waals surface area contributed by atoms with E-state index in [1.54, 1.807) is 11.5 Å². The van der Waals surface area contributed by atoms with Crippen LogP contribution < -0.4 is 0 Å². The first kappa shape index (κ1) is 14.2. The summed E-state index contributed by atoms with van der Waals surface area (Å²) < 4.78 is 1.76. The van der Waals surface area contributed by atoms with E-state index in [9.17, 15) is 4.79 Å². The lowest BCUT2D eigenvalue weighted by atomic mass is 10.3. The van der Waals surface area contributed by atoms with E-state index in [2.05, 4.69) is 4.98 Å². The summed E-state index contributed by atoms with van der Waals surface area (Å²) in [6.07, 6.45) is 0.544. The van der Waals surface area contributed by atoms with E-state index >= 15 is 0 Å². The molecule has 0 radical (unpaired) electrons. The maximum Gasteiger partial charge on any atom is 0.200 e. The number of carbonyl (C=O) groups excluding carboxylic acids is 1. The van der Waals surface area contributed by atoms with Gasteiger partial charge in [0.15, 0.2) is 11.6 Å². The van der Waals surface area contributed by atoms with Crippen molar-refractivity contribution in [3.63, 3.8) is 0 Å². The molecule has 0 bridgehead atoms. The standard InChI is InChI=1S/C7H7ClN2O.2C2H6/c1-4-6(8)10-3-2-5(11)7(10)9-4;2*1-2/h2-3H2,1H3;2*1-2H3. The molecule has 0 N–H and O–H groups in total. The molecule has 86 valence electrons. The third-order valence-electron chi connectivity index (χ3n) is 1.88. The molecule has 2 rings (SSSR count). The number of imidazole rings is 1. The summed E-state index contributed by atoms with van der Waals surface area (Å²) in [6, 6.07) is 0. The topological polar surface area (TPSA) is 34.9 Å². The number of halogens is 1. The number of ketones is 1. The first-order valence-corrected chi connectivity index (χ1v) is 5.84. The van der Waals surface area contributed by atoms with Crippen LogP contribution in [-0.2, 0) is 6.54 Å². The number of Topliss-reactive ketones (excluding diaryl/α,β-unsaturated/α-hetero) is 1. The average Bonchev–Trinajstić information content (AvgIpc) is 2.78. The highest BCUT2D eigenvalue weighted by Gasteiger charge is 2.24. The van der Waals surface area contributed by atoms with Gasteiger partial charge in [-0.25, -0.2) is 4.98 Å². The summed E-state index contributed by atoms with van der Waals surface area (Å²) >= 11 is 5.87. The van der Waals surface area contributed by atoms with Gasteiger partial charge in [-0.05, 0) is 6.92 Å². The van der Waals surface area contributed by atoms with Gasteiger partial charge in [0.1, 0.15) is 5.15 Å². The van der Waals surface area contributed by atoms with Crippen LogP contribution in [0.1, 0.15) is 50.4 Å². The minimum atomic E-state index is 0.0972. The number of aromatic nitrogens is 2. The number of hydrogen-bond acceptors (Lipinski definition) is 2. The lowest BCUT2D eigenvalue weighted by Crippen LogP contribution is -1.94. The van der Waals surface area contributed by atoms with Crippen LogP contribution in [0.15, 0.2) is 0 Å². The second kappa shape index (κ2) is 6.62. The smallest absolute Gasteiger partial charge is 0.200 e. The third-order valence-corrected chi connectivity index (χ3v) is 2.35. The van der Waals surface area contributed by atoms with Gasteiger partial charge >= 0.3 is 0 Å². The second-order valence-corrected chi connectivity index (χ2v) is 2.99. The molecular formula is C11H19ClN2O. The van der Waals surface area contributed by atoms with Gasteiger partial charge in [0.05, 0.1) is 5.69 Å². The second-order valence-electron chi connectivity index (χ2n) is 2.64. The Hall–Kier alpha value is -0.830. The Labute approximate surface area is 96.5 Å². The summed E-state index contributed by atoms with van der Waals surface area (Å²) in [6.45, 7) is 10.5. The normalized spacial score (nSPS) is 12.3. The van der Waals surface area contributed by atoms with E-state index in [-0.39, 0.29) is 5.78 Å². The Morgan fingerprint density at radius 2 is 1.80 bits per heavy atom. The minimum Gasteiger partial charge on any atom is -0.312 e. The number of hydrogen-bond donors (Lipinski definition) is 0. The van der Waals surface area contributed by atoms with Crippen molar-refractivity contribution in [2.75, 3.05) is 0 Å². The van der Waals surface area contributed by atoms with E-state index in [0.29, 0.717) is 23.9 Å². The Balaban J connectivity index is 0.000000442. The van der Waals surface area contributed by atoms with Gasteiger partial charge in [0.25, 0.3) is 0 Å². The van der Waals surface area contributed by atoms with Gasteiger partial charge in [0, 0.05) is 13.0 Å². The Morgan fingerprint density at radius 3 is 2.27 bits per heavy atom. The lowest BCUT2D eigenvalue weighted by molar-refractivity contribution is 0.0990. The number of nitrogens with zero attached hydrogens (tertiary/aromatic N) is 2. The van der Waals surface area contributed by atoms with Crippen molar-refractivity contribution in [3.05, 3.63) is 16.7 Å². The first-order valence-electron chi connectivity index (χ1n) is 5.46. The van der Waals surface area contributed by atoms with Gasteiger partial charge in [-0.3, -0.25) is 4.79 Å². The molecule has 0 unspecified atom stereocenters. The van der Waals surface area contributed by atoms with E-state index in [1.807, 2.05) is 27.7 Å². The lowest BCUT2D eigenvalue weighted by Gasteiger charge is -1.93. The molecule has 15 heavy (non-hydrogen) atoms. The zero-order valence-electron chi connectivity index (χ0n) is 10.1. The molecule has 0 saturated heterocycles. The fourth-order valence-electron chi connectivity index (χ4n) is 1.30. The van der Waals surface area contributed by atoms with Crippen LogP contribution in [0.5, 0.6) is 0 Å². The molecule has 0 aliphatic carbocycles. The highest BCUT2D eigenvalue weighted by Crippen LogP contribution is 2.23. The third kappa shape index (κ3) is 2.81. The highest BCUT2D eigenvalue weighted by atomic mass is 35.5. The summed E-state index contributed by atoms with van der Waals surface area (Å²) in [4.78, 5) is 15.1. The molecular weight excluding hydrogens is 212 g/mol. The van der Waals surface area contributed by atoms with Crippen molar-refractivity contribution in [1.29, 1.82) is 0 Å². The van der Waals surface area contributed by atoms with Crippen molar-refractivity contribution in [2.45, 2.75) is 47.6 Å². The van der Waals surface area contributed by atoms with Crippen molar-refractivity contribution < 1.29 is 4.79 Å². The average molecular weight is 231 g/mol. The van der Waals surface area contributed by atoms with Crippen LogP contribution in [0, 0.1) is 6.92 Å². The molecule has 1 aliphatic heterocycles. The summed E-state index contributed by atoms with van der Waals surface area (Å²) in [7, 11) is 0. The maximum absolute atomic E-state index is 11.1. The molecule has 4 heteroatoms. The van der Waals surface area contributed by atoms with E-state index in [0.717, 1.165) is 5.69 Å². The van der Waals surface area contributed by atoms with Gasteiger partial charge < -0.3 is 4.57 Å². The molecule has 1 aromatic heterocycles. The van der Waals surface area contributed by atoms with Crippen LogP contribution in [-0.4, -0.2) is 15.3 Å². The number of fused-ring (bicyclic) bond motifs is 1. The van der Waals surface area contributed by atoms with Crippen molar-refractivity contribution >= 4 is 17.4 Å². The Bertz CT molecular complexity index is 332. The molecule has 1 aliphatic rings. The summed E-state index contributed by atoms with van der Waals surface area (Å²) in [5, 5.41) is 0.603. The molecule has 0 saturated carbocycles. The van der Waals surface area contributed by atoms with Crippen LogP contribution >= 0.6 is 11.6 Å². The monoisotopic (exact) mass is 230 g/mol. The minimum absolute atomic E-state index is 0.0972. The Morgan fingerprint density at radius 1 is 1.27 bits per heavy atom. The van der Waals surface area contributed by atoms with Gasteiger partial charge in [-0.2, -0.15) is 0 Å². The van der Waals surface area contributed by atoms with Crippen molar-refractivity contribution in [1.82, 2.24) is 9.55 Å². The number of carbonyl (C=O) groups is 1. The molecule has 0 amide bonds. The van der Waals surface area contributed by atoms with E-state index < -0.39 is 0 Å². The molecule has 0 atom stereocenters. The van der Waals surface area contributed by atoms with Gasteiger partial charge in [-0.15, -0.1) is 0 Å². The maximum atomic E-state index is 11.1. The predicted molar refractivity (Wildman–Crippen MR) is 63.6 cm³/mol. The van der Waals surface area contributed by atoms with E-state index in [4.69, 9.17) is 11.6 Å². The van der Waals surface area contributed by atoms with Crippen LogP contribution in [0.3, 0.4) is 0 Å². The molecule has 0 aromatic carbocycles. The first-order chi connectivity index (χ1) is 7.20. The van der Waals surface area contributed by atoms with Crippen molar-refractivity contribution in [3.8, 4) is 0 Å². The molecule has 1 aromatic rings. The molecule has 0 spiro atoms. The number of rotatable bonds is 0. The van der Waals surface area contributed by atoms with Gasteiger partial charge in [-0.1, -0.05) is 39.3 Å². The molecule has 2 heterocycles. The molecule has 3 nitrogen and oxygen atoms in total. The van der Waals surface area contributed by atoms with Crippen molar-refractivity contribution in [2.24, 2.45) is 0 Å². The quantitative estimate of drug-likeness (QED) is 0.684. The highest BCUT2D eigenvalue weighted by molar-refractivity contribution is 6.30. The summed E-state index contributed by atoms with van der Waals surface area (Å²) in [5.41, 5.74) is 0.745. The SMILES string of the molecule is CC.CC.Cc1nc2n(c1Cl)CCC2=O. The number of aryl methyl sites for hydroxylation is 1. The van der Waals surface area contributed by atoms with Crippen LogP contribution in [0.4, 0.5) is 0 Å². The molecule has 0 fully saturated rings. The zero-order valence-corrected chi connectivity index (χ0v) is 10.9. The van der Waals surface area contributed by atoms with E-state index in [1.165, 1.54) is 0 Å². The largest absolute Gasteiger partial charge is 0.312 e. The predicted octanol–water partition coefficient (Wildman–Crippen LogP) is 3.48. The summed E-state index contributed by atoms with van der Waals surface area (Å²) in [5.74, 6) is 0.618. The fourth-order valence-corrected chi connectivity index (χ4v) is 1.50.